The molecule has 20 heavy (non-hydrogen) atoms. The molecule has 0 aliphatic rings. The SMILES string of the molecule is CC(C)CCN(CCC(C)C)C(=O)n1cc[n+](C)c1.[I-]. The van der Waals surface area contributed by atoms with Gasteiger partial charge in [-0.1, -0.05) is 27.7 Å². The minimum absolute atomic E-state index is 0. The van der Waals surface area contributed by atoms with E-state index in [0.717, 1.165) is 25.9 Å². The summed E-state index contributed by atoms with van der Waals surface area (Å²) in [6.45, 7) is 10.5. The summed E-state index contributed by atoms with van der Waals surface area (Å²) in [7, 11) is 1.93. The highest BCUT2D eigenvalue weighted by Crippen LogP contribution is 2.08. The lowest BCUT2D eigenvalue weighted by atomic mass is 10.1. The number of aromatic nitrogens is 2. The first kappa shape index (κ1) is 19.4. The Morgan fingerprint density at radius 1 is 1.15 bits per heavy atom. The summed E-state index contributed by atoms with van der Waals surface area (Å²) in [5.41, 5.74) is 0. The summed E-state index contributed by atoms with van der Waals surface area (Å²) in [5.74, 6) is 1.24. The Bertz CT molecular complexity index is 390. The van der Waals surface area contributed by atoms with Crippen molar-refractivity contribution in [2.24, 2.45) is 18.9 Å². The first-order valence-corrected chi connectivity index (χ1v) is 7.22. The second kappa shape index (κ2) is 9.37. The first-order chi connectivity index (χ1) is 8.90. The van der Waals surface area contributed by atoms with Gasteiger partial charge in [0, 0.05) is 13.1 Å². The topological polar surface area (TPSA) is 29.1 Å². The monoisotopic (exact) mass is 393 g/mol. The summed E-state index contributed by atoms with van der Waals surface area (Å²) >= 11 is 0. The third-order valence-corrected chi connectivity index (χ3v) is 3.21. The quantitative estimate of drug-likeness (QED) is 0.481. The van der Waals surface area contributed by atoms with Crippen molar-refractivity contribution < 1.29 is 33.3 Å². The van der Waals surface area contributed by atoms with Gasteiger partial charge >= 0.3 is 6.03 Å². The summed E-state index contributed by atoms with van der Waals surface area (Å²) in [6, 6.07) is 0.0851. The Morgan fingerprint density at radius 2 is 1.65 bits per heavy atom. The molecule has 0 N–H and O–H groups in total. The number of carbonyl (C=O) groups is 1. The molecule has 1 heterocycles. The average Bonchev–Trinajstić information content (AvgIpc) is 2.74. The molecule has 5 heteroatoms. The number of carbonyl (C=O) groups excluding carboxylic acids is 1. The number of hydrogen-bond donors (Lipinski definition) is 0. The number of hydrogen-bond acceptors (Lipinski definition) is 1. The summed E-state index contributed by atoms with van der Waals surface area (Å²) in [6.07, 6.45) is 7.63. The molecule has 0 aliphatic carbocycles. The average molecular weight is 393 g/mol. The zero-order valence-electron chi connectivity index (χ0n) is 13.3. The van der Waals surface area contributed by atoms with Crippen LogP contribution in [-0.4, -0.2) is 28.6 Å². The summed E-state index contributed by atoms with van der Waals surface area (Å²) < 4.78 is 3.56. The van der Waals surface area contributed by atoms with E-state index in [0.29, 0.717) is 11.8 Å². The van der Waals surface area contributed by atoms with Crippen molar-refractivity contribution in [2.75, 3.05) is 13.1 Å². The normalized spacial score (nSPS) is 10.8. The van der Waals surface area contributed by atoms with Gasteiger partial charge in [-0.3, -0.25) is 0 Å². The minimum Gasteiger partial charge on any atom is -1.00 e. The zero-order valence-corrected chi connectivity index (χ0v) is 15.5. The van der Waals surface area contributed by atoms with Crippen molar-refractivity contribution in [3.63, 3.8) is 0 Å². The van der Waals surface area contributed by atoms with Gasteiger partial charge in [0.05, 0.1) is 7.05 Å². The van der Waals surface area contributed by atoms with E-state index in [9.17, 15) is 4.79 Å². The number of imidazole rings is 1. The van der Waals surface area contributed by atoms with Gasteiger partial charge in [-0.15, -0.1) is 0 Å². The molecule has 1 rings (SSSR count). The second-order valence-electron chi connectivity index (χ2n) is 6.12. The molecule has 0 spiro atoms. The van der Waals surface area contributed by atoms with E-state index >= 15 is 0 Å². The van der Waals surface area contributed by atoms with Crippen LogP contribution in [0.2, 0.25) is 0 Å². The van der Waals surface area contributed by atoms with Gasteiger partial charge in [0.2, 0.25) is 0 Å². The fourth-order valence-electron chi connectivity index (χ4n) is 1.86. The van der Waals surface area contributed by atoms with E-state index in [4.69, 9.17) is 0 Å². The number of nitrogens with zero attached hydrogens (tertiary/aromatic N) is 3. The fraction of sp³-hybridized carbons (Fsp3) is 0.733. The van der Waals surface area contributed by atoms with Crippen molar-refractivity contribution in [1.82, 2.24) is 9.47 Å². The Hall–Kier alpha value is -0.590. The lowest BCUT2D eigenvalue weighted by molar-refractivity contribution is -0.670. The van der Waals surface area contributed by atoms with Crippen LogP contribution in [0.15, 0.2) is 18.7 Å². The standard InChI is InChI=1S/C15H28N3O.HI/c1-13(2)6-8-17(9-7-14(3)4)15(19)18-11-10-16(5)12-18;/h10-14H,6-9H2,1-5H3;1H/q+1;/p-1. The maximum Gasteiger partial charge on any atom is 0.415 e. The Balaban J connectivity index is 0.00000361. The smallest absolute Gasteiger partial charge is 0.415 e. The molecule has 0 saturated carbocycles. The van der Waals surface area contributed by atoms with Gasteiger partial charge < -0.3 is 28.9 Å². The van der Waals surface area contributed by atoms with Crippen molar-refractivity contribution in [2.45, 2.75) is 40.5 Å². The van der Waals surface area contributed by atoms with Crippen LogP contribution in [0.4, 0.5) is 4.79 Å². The van der Waals surface area contributed by atoms with Crippen LogP contribution in [-0.2, 0) is 7.05 Å². The zero-order chi connectivity index (χ0) is 14.4. The lowest BCUT2D eigenvalue weighted by Gasteiger charge is -2.21. The highest BCUT2D eigenvalue weighted by Gasteiger charge is 2.20. The van der Waals surface area contributed by atoms with Crippen LogP contribution in [0.25, 0.3) is 0 Å². The van der Waals surface area contributed by atoms with Crippen molar-refractivity contribution in [1.29, 1.82) is 0 Å². The molecular weight excluding hydrogens is 365 g/mol. The molecule has 0 aromatic carbocycles. The fourth-order valence-corrected chi connectivity index (χ4v) is 1.86. The third-order valence-electron chi connectivity index (χ3n) is 3.21. The molecule has 1 amide bonds. The van der Waals surface area contributed by atoms with Crippen LogP contribution in [0.3, 0.4) is 0 Å². The van der Waals surface area contributed by atoms with Crippen molar-refractivity contribution in [3.8, 4) is 0 Å². The predicted molar refractivity (Wildman–Crippen MR) is 76.9 cm³/mol. The molecule has 116 valence electrons. The lowest BCUT2D eigenvalue weighted by Crippen LogP contribution is -3.00. The molecule has 0 aliphatic heterocycles. The molecule has 0 fully saturated rings. The van der Waals surface area contributed by atoms with Gasteiger partial charge in [0.25, 0.3) is 6.33 Å². The number of rotatable bonds is 6. The minimum atomic E-state index is 0. The molecule has 0 bridgehead atoms. The van der Waals surface area contributed by atoms with E-state index < -0.39 is 0 Å². The van der Waals surface area contributed by atoms with E-state index in [1.165, 1.54) is 0 Å². The van der Waals surface area contributed by atoms with Gasteiger partial charge in [-0.2, -0.15) is 4.57 Å². The largest absolute Gasteiger partial charge is 1.00 e. The molecule has 1 aromatic heterocycles. The Morgan fingerprint density at radius 3 is 2.00 bits per heavy atom. The third kappa shape index (κ3) is 6.72. The van der Waals surface area contributed by atoms with Crippen molar-refractivity contribution >= 4 is 6.03 Å². The van der Waals surface area contributed by atoms with E-state index in [1.807, 2.05) is 35.2 Å². The van der Waals surface area contributed by atoms with Gasteiger partial charge in [-0.05, 0) is 24.7 Å². The predicted octanol–water partition coefficient (Wildman–Crippen LogP) is -0.321. The van der Waals surface area contributed by atoms with E-state index in [-0.39, 0.29) is 30.0 Å². The van der Waals surface area contributed by atoms with E-state index in [1.54, 1.807) is 4.57 Å². The van der Waals surface area contributed by atoms with Crippen LogP contribution in [0, 0.1) is 11.8 Å². The Labute approximate surface area is 140 Å². The molecule has 0 atom stereocenters. The van der Waals surface area contributed by atoms with Gasteiger partial charge in [0.1, 0.15) is 12.4 Å². The summed E-state index contributed by atoms with van der Waals surface area (Å²) in [5, 5.41) is 0. The molecule has 4 nitrogen and oxygen atoms in total. The van der Waals surface area contributed by atoms with Crippen LogP contribution >= 0.6 is 0 Å². The maximum absolute atomic E-state index is 12.5. The van der Waals surface area contributed by atoms with Crippen LogP contribution in [0.5, 0.6) is 0 Å². The molecule has 0 unspecified atom stereocenters. The van der Waals surface area contributed by atoms with E-state index in [2.05, 4.69) is 27.7 Å². The Kier molecular flexibility index (Phi) is 9.09. The van der Waals surface area contributed by atoms with Gasteiger partial charge in [-0.25, -0.2) is 9.36 Å². The first-order valence-electron chi connectivity index (χ1n) is 7.22. The number of amides is 1. The maximum atomic E-state index is 12.5. The second-order valence-corrected chi connectivity index (χ2v) is 6.12. The summed E-state index contributed by atoms with van der Waals surface area (Å²) in [4.78, 5) is 14.4. The highest BCUT2D eigenvalue weighted by molar-refractivity contribution is 5.76. The molecular formula is C15H28IN3O. The molecule has 0 saturated heterocycles. The highest BCUT2D eigenvalue weighted by atomic mass is 127. The molecule has 1 aromatic rings. The van der Waals surface area contributed by atoms with Crippen LogP contribution < -0.4 is 28.5 Å². The number of aryl methyl sites for hydroxylation is 1. The van der Waals surface area contributed by atoms with Crippen molar-refractivity contribution in [3.05, 3.63) is 18.7 Å². The van der Waals surface area contributed by atoms with Crippen LogP contribution in [0.1, 0.15) is 40.5 Å². The number of halogens is 1. The molecule has 0 radical (unpaired) electrons. The van der Waals surface area contributed by atoms with Gasteiger partial charge in [0.15, 0.2) is 0 Å².